The van der Waals surface area contributed by atoms with E-state index in [1.54, 1.807) is 41.0 Å². The van der Waals surface area contributed by atoms with Gasteiger partial charge >= 0.3 is 0 Å². The number of rotatable bonds is 6. The molecule has 2 N–H and O–H groups in total. The van der Waals surface area contributed by atoms with Crippen LogP contribution in [-0.4, -0.2) is 31.2 Å². The van der Waals surface area contributed by atoms with Gasteiger partial charge in [-0.3, -0.25) is 14.2 Å². The summed E-state index contributed by atoms with van der Waals surface area (Å²) in [7, 11) is 0. The van der Waals surface area contributed by atoms with Gasteiger partial charge in [-0.2, -0.15) is 0 Å². The van der Waals surface area contributed by atoms with Crippen molar-refractivity contribution in [3.8, 4) is 0 Å². The molecule has 0 aliphatic heterocycles. The Morgan fingerprint density at radius 2 is 1.64 bits per heavy atom. The van der Waals surface area contributed by atoms with Gasteiger partial charge in [-0.15, -0.1) is 0 Å². The molecule has 28 heavy (non-hydrogen) atoms. The monoisotopic (exact) mass is 394 g/mol. The second kappa shape index (κ2) is 7.95. The number of hydrogen-bond donors (Lipinski definition) is 2. The van der Waals surface area contributed by atoms with Gasteiger partial charge < -0.3 is 10.1 Å². The van der Waals surface area contributed by atoms with Crippen LogP contribution in [0.4, 0.5) is 0 Å². The first kappa shape index (κ1) is 18.4. The van der Waals surface area contributed by atoms with Crippen molar-refractivity contribution in [2.45, 2.75) is 23.9 Å². The number of hydrogen-bond acceptors (Lipinski definition) is 6. The van der Waals surface area contributed by atoms with Crippen LogP contribution < -0.4 is 11.1 Å². The Kier molecular flexibility index (Phi) is 5.23. The van der Waals surface area contributed by atoms with Crippen molar-refractivity contribution in [1.29, 1.82) is 0 Å². The third-order valence-electron chi connectivity index (χ3n) is 4.37. The predicted octanol–water partition coefficient (Wildman–Crippen LogP) is 2.31. The molecule has 2 heterocycles. The predicted molar refractivity (Wildman–Crippen MR) is 110 cm³/mol. The second-order valence-corrected chi connectivity index (χ2v) is 7.21. The van der Waals surface area contributed by atoms with Gasteiger partial charge in [-0.1, -0.05) is 36.0 Å². The van der Waals surface area contributed by atoms with Gasteiger partial charge in [0.25, 0.3) is 11.1 Å². The van der Waals surface area contributed by atoms with Gasteiger partial charge in [0.15, 0.2) is 5.16 Å². The average molecular weight is 394 g/mol. The van der Waals surface area contributed by atoms with E-state index in [9.17, 15) is 9.59 Å². The zero-order valence-corrected chi connectivity index (χ0v) is 15.8. The number of nitrogens with zero attached hydrogens (tertiary/aromatic N) is 3. The number of fused-ring (bicyclic) bond motifs is 2. The Bertz CT molecular complexity index is 1270. The molecule has 7 nitrogen and oxygen atoms in total. The van der Waals surface area contributed by atoms with Crippen molar-refractivity contribution in [3.63, 3.8) is 0 Å². The molecule has 0 aliphatic rings. The van der Waals surface area contributed by atoms with Gasteiger partial charge in [0.2, 0.25) is 0 Å². The smallest absolute Gasteiger partial charge is 0.262 e. The maximum Gasteiger partial charge on any atom is 0.262 e. The number of benzene rings is 2. The third kappa shape index (κ3) is 3.56. The molecule has 2 aromatic carbocycles. The van der Waals surface area contributed by atoms with Crippen LogP contribution in [0.15, 0.2) is 63.3 Å². The minimum atomic E-state index is -0.189. The van der Waals surface area contributed by atoms with Crippen molar-refractivity contribution >= 4 is 33.6 Å². The fourth-order valence-corrected chi connectivity index (χ4v) is 3.92. The van der Waals surface area contributed by atoms with E-state index in [0.717, 1.165) is 0 Å². The quantitative estimate of drug-likeness (QED) is 0.384. The van der Waals surface area contributed by atoms with E-state index >= 15 is 0 Å². The molecule has 0 saturated carbocycles. The molecule has 8 heteroatoms. The lowest BCUT2D eigenvalue weighted by molar-refractivity contribution is 0.276. The summed E-state index contributed by atoms with van der Waals surface area (Å²) in [6, 6.07) is 14.3. The number of thioether (sulfide) groups is 1. The minimum absolute atomic E-state index is 0.0110. The fraction of sp³-hybridized carbons (Fsp3) is 0.200. The molecule has 0 spiro atoms. The van der Waals surface area contributed by atoms with Gasteiger partial charge in [-0.25, -0.2) is 9.97 Å². The first-order valence-corrected chi connectivity index (χ1v) is 9.87. The summed E-state index contributed by atoms with van der Waals surface area (Å²) < 4.78 is 1.57. The number of aliphatic hydroxyl groups excluding tert-OH is 1. The topological polar surface area (TPSA) is 101 Å². The highest BCUT2D eigenvalue weighted by molar-refractivity contribution is 7.98. The summed E-state index contributed by atoms with van der Waals surface area (Å²) in [6.07, 6.45) is 0.457. The van der Waals surface area contributed by atoms with E-state index < -0.39 is 0 Å². The molecular formula is C20H18N4O3S. The largest absolute Gasteiger partial charge is 0.396 e. The fourth-order valence-electron chi connectivity index (χ4n) is 3.02. The highest BCUT2D eigenvalue weighted by Crippen LogP contribution is 2.21. The van der Waals surface area contributed by atoms with Crippen LogP contribution in [0.5, 0.6) is 0 Å². The van der Waals surface area contributed by atoms with E-state index in [4.69, 9.17) is 5.11 Å². The van der Waals surface area contributed by atoms with E-state index in [0.29, 0.717) is 51.5 Å². The second-order valence-electron chi connectivity index (χ2n) is 6.26. The van der Waals surface area contributed by atoms with Crippen LogP contribution in [-0.2, 0) is 12.3 Å². The van der Waals surface area contributed by atoms with E-state index in [1.165, 1.54) is 11.8 Å². The van der Waals surface area contributed by atoms with Gasteiger partial charge in [0, 0.05) is 13.2 Å². The van der Waals surface area contributed by atoms with Crippen LogP contribution in [0.1, 0.15) is 12.2 Å². The molecule has 0 saturated heterocycles. The molecule has 4 rings (SSSR count). The molecule has 0 amide bonds. The van der Waals surface area contributed by atoms with Crippen LogP contribution >= 0.6 is 11.8 Å². The van der Waals surface area contributed by atoms with Gasteiger partial charge in [0.05, 0.1) is 27.6 Å². The maximum atomic E-state index is 12.8. The molecule has 4 aromatic rings. The number of aliphatic hydroxyl groups is 1. The molecule has 2 aromatic heterocycles. The Balaban J connectivity index is 1.71. The number of aromatic nitrogens is 4. The first-order chi connectivity index (χ1) is 13.7. The highest BCUT2D eigenvalue weighted by Gasteiger charge is 2.12. The van der Waals surface area contributed by atoms with E-state index in [1.807, 2.05) is 12.1 Å². The standard InChI is InChI=1S/C20H18N4O3S/c25-11-5-10-24-19(27)14-7-2-4-9-16(14)22-20(24)28-12-17-21-15-8-3-1-6-13(15)18(26)23-17/h1-4,6-9,25H,5,10-12H2,(H,21,23,26). The summed E-state index contributed by atoms with van der Waals surface area (Å²) >= 11 is 1.33. The molecule has 0 fully saturated rings. The summed E-state index contributed by atoms with van der Waals surface area (Å²) in [6.45, 7) is 0.361. The van der Waals surface area contributed by atoms with Crippen LogP contribution in [0, 0.1) is 0 Å². The average Bonchev–Trinajstić information content (AvgIpc) is 2.72. The summed E-state index contributed by atoms with van der Waals surface area (Å²) in [5.74, 6) is 0.883. The summed E-state index contributed by atoms with van der Waals surface area (Å²) in [5, 5.41) is 10.8. The molecule has 0 bridgehead atoms. The van der Waals surface area contributed by atoms with Crippen molar-refractivity contribution in [2.24, 2.45) is 0 Å². The zero-order valence-electron chi connectivity index (χ0n) is 15.0. The van der Waals surface area contributed by atoms with Crippen molar-refractivity contribution < 1.29 is 5.11 Å². The van der Waals surface area contributed by atoms with Gasteiger partial charge in [0.1, 0.15) is 5.82 Å². The Morgan fingerprint density at radius 3 is 2.39 bits per heavy atom. The lowest BCUT2D eigenvalue weighted by Gasteiger charge is -2.12. The Morgan fingerprint density at radius 1 is 0.964 bits per heavy atom. The molecule has 0 atom stereocenters. The number of nitrogens with one attached hydrogen (secondary N) is 1. The Labute approximate surface area is 164 Å². The van der Waals surface area contributed by atoms with E-state index in [2.05, 4.69) is 15.0 Å². The molecular weight excluding hydrogens is 376 g/mol. The molecule has 0 aliphatic carbocycles. The molecule has 0 unspecified atom stereocenters. The lowest BCUT2D eigenvalue weighted by Crippen LogP contribution is -2.24. The van der Waals surface area contributed by atoms with Crippen molar-refractivity contribution in [1.82, 2.24) is 19.5 Å². The SMILES string of the molecule is O=c1[nH]c(CSc2nc3ccccc3c(=O)n2CCCO)nc2ccccc12. The highest BCUT2D eigenvalue weighted by atomic mass is 32.2. The van der Waals surface area contributed by atoms with Crippen LogP contribution in [0.25, 0.3) is 21.8 Å². The van der Waals surface area contributed by atoms with Crippen molar-refractivity contribution in [3.05, 3.63) is 75.1 Å². The Hall–Kier alpha value is -2.97. The molecule has 0 radical (unpaired) electrons. The minimum Gasteiger partial charge on any atom is -0.396 e. The summed E-state index contributed by atoms with van der Waals surface area (Å²) in [5.41, 5.74) is 0.924. The number of H-pyrrole nitrogens is 1. The lowest BCUT2D eigenvalue weighted by atomic mass is 10.2. The first-order valence-electron chi connectivity index (χ1n) is 8.88. The zero-order chi connectivity index (χ0) is 19.5. The number of aromatic amines is 1. The normalized spacial score (nSPS) is 11.3. The summed E-state index contributed by atoms with van der Waals surface area (Å²) in [4.78, 5) is 37.0. The van der Waals surface area contributed by atoms with Gasteiger partial charge in [-0.05, 0) is 30.7 Å². The van der Waals surface area contributed by atoms with Crippen LogP contribution in [0.2, 0.25) is 0 Å². The molecule has 142 valence electrons. The number of para-hydroxylation sites is 2. The maximum absolute atomic E-state index is 12.8. The van der Waals surface area contributed by atoms with Crippen LogP contribution in [0.3, 0.4) is 0 Å². The van der Waals surface area contributed by atoms with E-state index in [-0.39, 0.29) is 17.7 Å². The third-order valence-corrected chi connectivity index (χ3v) is 5.35. The van der Waals surface area contributed by atoms with Crippen molar-refractivity contribution in [2.75, 3.05) is 6.61 Å².